The van der Waals surface area contributed by atoms with Crippen LogP contribution in [0.2, 0.25) is 0 Å². The molecule has 1 aliphatic carbocycles. The van der Waals surface area contributed by atoms with Crippen molar-refractivity contribution in [2.24, 2.45) is 11.8 Å². The number of aryl methyl sites for hydroxylation is 1. The first-order chi connectivity index (χ1) is 18.7. The lowest BCUT2D eigenvalue weighted by Crippen LogP contribution is -2.46. The van der Waals surface area contributed by atoms with Crippen LogP contribution in [0, 0.1) is 11.8 Å². The smallest absolute Gasteiger partial charge is 0.415 e. The zero-order valence-electron chi connectivity index (χ0n) is 22.0. The SMILES string of the molecule is O=C(O)[C@H](CCc1ccc(OC(=O)N2CCS(=O)(=O)CC2)cc1)NC(=O)[C@H]1CCCC[C@@H]1Cc1ccccc1. The van der Waals surface area contributed by atoms with Gasteiger partial charge in [0.2, 0.25) is 5.91 Å². The predicted molar refractivity (Wildman–Crippen MR) is 146 cm³/mol. The molecule has 2 fully saturated rings. The molecule has 1 aliphatic heterocycles. The molecule has 10 heteroatoms. The zero-order valence-corrected chi connectivity index (χ0v) is 22.8. The summed E-state index contributed by atoms with van der Waals surface area (Å²) >= 11 is 0. The second-order valence-corrected chi connectivity index (χ2v) is 12.7. The fraction of sp³-hybridized carbons (Fsp3) is 0.483. The molecule has 39 heavy (non-hydrogen) atoms. The molecule has 9 nitrogen and oxygen atoms in total. The Bertz CT molecular complexity index is 1230. The number of hydrogen-bond donors (Lipinski definition) is 2. The number of nitrogens with one attached hydrogen (secondary N) is 1. The maximum absolute atomic E-state index is 13.2. The Morgan fingerprint density at radius 1 is 0.949 bits per heavy atom. The highest BCUT2D eigenvalue weighted by atomic mass is 32.2. The number of hydrogen-bond acceptors (Lipinski definition) is 6. The molecule has 2 N–H and O–H groups in total. The summed E-state index contributed by atoms with van der Waals surface area (Å²) in [7, 11) is -3.09. The topological polar surface area (TPSA) is 130 Å². The lowest BCUT2D eigenvalue weighted by Gasteiger charge is -2.31. The van der Waals surface area contributed by atoms with Gasteiger partial charge >= 0.3 is 12.1 Å². The van der Waals surface area contributed by atoms with E-state index >= 15 is 0 Å². The van der Waals surface area contributed by atoms with Gasteiger partial charge in [0.15, 0.2) is 9.84 Å². The quantitative estimate of drug-likeness (QED) is 0.484. The van der Waals surface area contributed by atoms with Gasteiger partial charge in [0.1, 0.15) is 11.8 Å². The van der Waals surface area contributed by atoms with Crippen molar-refractivity contribution in [2.45, 2.75) is 51.0 Å². The summed E-state index contributed by atoms with van der Waals surface area (Å²) in [6, 6.07) is 15.8. The minimum atomic E-state index is -3.09. The van der Waals surface area contributed by atoms with Crippen molar-refractivity contribution in [2.75, 3.05) is 24.6 Å². The molecule has 2 aliphatic rings. The third-order valence-corrected chi connectivity index (χ3v) is 9.26. The first kappa shape index (κ1) is 28.6. The first-order valence-electron chi connectivity index (χ1n) is 13.5. The van der Waals surface area contributed by atoms with Gasteiger partial charge in [-0.15, -0.1) is 0 Å². The van der Waals surface area contributed by atoms with E-state index in [-0.39, 0.29) is 48.8 Å². The Hall–Kier alpha value is -3.40. The Balaban J connectivity index is 1.28. The van der Waals surface area contributed by atoms with Gasteiger partial charge in [-0.2, -0.15) is 0 Å². The van der Waals surface area contributed by atoms with Gasteiger partial charge < -0.3 is 20.1 Å². The van der Waals surface area contributed by atoms with Gasteiger partial charge in [-0.25, -0.2) is 18.0 Å². The number of benzene rings is 2. The average molecular weight is 557 g/mol. The number of aliphatic carboxylic acids is 1. The number of carbonyl (C=O) groups is 3. The molecule has 2 aromatic rings. The second kappa shape index (κ2) is 13.1. The maximum Gasteiger partial charge on any atom is 0.415 e. The minimum absolute atomic E-state index is 0.0727. The van der Waals surface area contributed by atoms with Crippen molar-refractivity contribution in [1.29, 1.82) is 0 Å². The summed E-state index contributed by atoms with van der Waals surface area (Å²) in [5.41, 5.74) is 2.04. The van der Waals surface area contributed by atoms with Crippen LogP contribution in [-0.2, 0) is 32.3 Å². The highest BCUT2D eigenvalue weighted by Crippen LogP contribution is 2.33. The molecule has 1 heterocycles. The highest BCUT2D eigenvalue weighted by Gasteiger charge is 2.33. The normalized spacial score (nSPS) is 21.5. The third-order valence-electron chi connectivity index (χ3n) is 7.65. The summed E-state index contributed by atoms with van der Waals surface area (Å²) < 4.78 is 28.5. The molecule has 0 bridgehead atoms. The number of nitrogens with zero attached hydrogens (tertiary/aromatic N) is 1. The van der Waals surface area contributed by atoms with Crippen LogP contribution in [0.1, 0.15) is 43.2 Å². The zero-order chi connectivity index (χ0) is 27.8. The van der Waals surface area contributed by atoms with E-state index in [9.17, 15) is 27.9 Å². The van der Waals surface area contributed by atoms with Crippen molar-refractivity contribution < 1.29 is 32.6 Å². The van der Waals surface area contributed by atoms with Crippen LogP contribution in [0.25, 0.3) is 0 Å². The summed E-state index contributed by atoms with van der Waals surface area (Å²) in [6.07, 6.45) is 4.64. The Kier molecular flexibility index (Phi) is 9.61. The van der Waals surface area contributed by atoms with Gasteiger partial charge in [-0.05, 0) is 61.3 Å². The van der Waals surface area contributed by atoms with Crippen molar-refractivity contribution in [3.8, 4) is 5.75 Å². The molecule has 1 saturated carbocycles. The van der Waals surface area contributed by atoms with E-state index in [1.165, 1.54) is 10.5 Å². The van der Waals surface area contributed by atoms with Crippen LogP contribution in [0.4, 0.5) is 4.79 Å². The number of ether oxygens (including phenoxy) is 1. The minimum Gasteiger partial charge on any atom is -0.480 e. The summed E-state index contributed by atoms with van der Waals surface area (Å²) in [6.45, 7) is 0.213. The van der Waals surface area contributed by atoms with E-state index in [1.807, 2.05) is 18.2 Å². The molecule has 0 unspecified atom stereocenters. The highest BCUT2D eigenvalue weighted by molar-refractivity contribution is 7.91. The molecule has 1 saturated heterocycles. The Labute approximate surface area is 229 Å². The van der Waals surface area contributed by atoms with Crippen LogP contribution in [-0.4, -0.2) is 67.0 Å². The van der Waals surface area contributed by atoms with Crippen molar-refractivity contribution in [1.82, 2.24) is 10.2 Å². The molecule has 3 atom stereocenters. The van der Waals surface area contributed by atoms with Crippen LogP contribution in [0.5, 0.6) is 5.75 Å². The van der Waals surface area contributed by atoms with E-state index in [2.05, 4.69) is 17.4 Å². The molecule has 0 radical (unpaired) electrons. The van der Waals surface area contributed by atoms with Gasteiger partial charge in [0, 0.05) is 19.0 Å². The molecule has 210 valence electrons. The summed E-state index contributed by atoms with van der Waals surface area (Å²) in [5, 5.41) is 12.6. The lowest BCUT2D eigenvalue weighted by atomic mass is 9.75. The number of rotatable bonds is 9. The molecule has 0 aromatic heterocycles. The number of amides is 2. The van der Waals surface area contributed by atoms with E-state index < -0.39 is 27.9 Å². The molecular formula is C29H36N2O7S. The van der Waals surface area contributed by atoms with E-state index in [4.69, 9.17) is 4.74 Å². The van der Waals surface area contributed by atoms with Crippen LogP contribution >= 0.6 is 0 Å². The standard InChI is InChI=1S/C29H36N2O7S/c32-27(25-9-5-4-8-23(25)20-22-6-2-1-3-7-22)30-26(28(33)34)15-12-21-10-13-24(14-11-21)38-29(35)31-16-18-39(36,37)19-17-31/h1-3,6-7,10-11,13-14,23,25-26H,4-5,8-9,12,15-20H2,(H,30,32)(H,33,34)/t23-,25+,26+/m1/s1. The van der Waals surface area contributed by atoms with Gasteiger partial charge in [-0.3, -0.25) is 4.79 Å². The number of carboxylic acids is 1. The van der Waals surface area contributed by atoms with Gasteiger partial charge in [0.25, 0.3) is 0 Å². The fourth-order valence-corrected chi connectivity index (χ4v) is 6.55. The summed E-state index contributed by atoms with van der Waals surface area (Å²) in [5.74, 6) is -1.08. The number of carboxylic acid groups (broad SMARTS) is 1. The second-order valence-electron chi connectivity index (χ2n) is 10.4. The monoisotopic (exact) mass is 556 g/mol. The third kappa shape index (κ3) is 8.29. The van der Waals surface area contributed by atoms with E-state index in [0.717, 1.165) is 37.7 Å². The van der Waals surface area contributed by atoms with Crippen LogP contribution in [0.15, 0.2) is 54.6 Å². The lowest BCUT2D eigenvalue weighted by molar-refractivity contribution is -0.143. The molecule has 2 amide bonds. The molecular weight excluding hydrogens is 520 g/mol. The van der Waals surface area contributed by atoms with Crippen molar-refractivity contribution in [3.63, 3.8) is 0 Å². The Morgan fingerprint density at radius 2 is 1.62 bits per heavy atom. The van der Waals surface area contributed by atoms with E-state index in [0.29, 0.717) is 12.2 Å². The molecule has 0 spiro atoms. The fourth-order valence-electron chi connectivity index (χ4n) is 5.35. The first-order valence-corrected chi connectivity index (χ1v) is 15.4. The van der Waals surface area contributed by atoms with Crippen molar-refractivity contribution >= 4 is 27.8 Å². The largest absolute Gasteiger partial charge is 0.480 e. The predicted octanol–water partition coefficient (Wildman–Crippen LogP) is 3.47. The summed E-state index contributed by atoms with van der Waals surface area (Å²) in [4.78, 5) is 38.8. The van der Waals surface area contributed by atoms with Gasteiger partial charge in [0.05, 0.1) is 11.5 Å². The van der Waals surface area contributed by atoms with Crippen molar-refractivity contribution in [3.05, 3.63) is 65.7 Å². The molecule has 2 aromatic carbocycles. The van der Waals surface area contributed by atoms with Gasteiger partial charge in [-0.1, -0.05) is 55.3 Å². The Morgan fingerprint density at radius 3 is 2.28 bits per heavy atom. The molecule has 4 rings (SSSR count). The number of carbonyl (C=O) groups excluding carboxylic acids is 2. The van der Waals surface area contributed by atoms with Crippen LogP contribution in [0.3, 0.4) is 0 Å². The van der Waals surface area contributed by atoms with Crippen LogP contribution < -0.4 is 10.1 Å². The average Bonchev–Trinajstić information content (AvgIpc) is 2.92. The number of sulfone groups is 1. The van der Waals surface area contributed by atoms with E-state index in [1.54, 1.807) is 24.3 Å². The maximum atomic E-state index is 13.2.